The smallest absolute Gasteiger partial charge is 0.315 e. The highest BCUT2D eigenvalue weighted by molar-refractivity contribution is 5.77. The van der Waals surface area contributed by atoms with Crippen LogP contribution in [-0.4, -0.2) is 24.5 Å². The molecule has 2 rings (SSSR count). The second-order valence-corrected chi connectivity index (χ2v) is 8.76. The van der Waals surface area contributed by atoms with E-state index in [2.05, 4.69) is 16.0 Å². The molecule has 3 N–H and O–H groups in total. The van der Waals surface area contributed by atoms with E-state index in [9.17, 15) is 14.0 Å². The number of benzene rings is 1. The van der Waals surface area contributed by atoms with Crippen LogP contribution in [0.3, 0.4) is 0 Å². The Balaban J connectivity index is 1.73. The first-order valence-corrected chi connectivity index (χ1v) is 10.3. The number of rotatable bonds is 7. The second kappa shape index (κ2) is 10.4. The minimum absolute atomic E-state index is 0.0706. The molecule has 0 saturated heterocycles. The Kier molecular flexibility index (Phi) is 8.27. The SMILES string of the molecule is CC(C)(C)C(NC(=O)CCCNC(=O)NC1CCCCC1)c1ccc(F)cc1. The van der Waals surface area contributed by atoms with Gasteiger partial charge in [0.2, 0.25) is 5.91 Å². The molecule has 1 unspecified atom stereocenters. The van der Waals surface area contributed by atoms with Crippen LogP contribution >= 0.6 is 0 Å². The van der Waals surface area contributed by atoms with Gasteiger partial charge in [-0.15, -0.1) is 0 Å². The average molecular weight is 392 g/mol. The molecular formula is C22H34FN3O2. The third-order valence-electron chi connectivity index (χ3n) is 5.18. The maximum Gasteiger partial charge on any atom is 0.315 e. The summed E-state index contributed by atoms with van der Waals surface area (Å²) < 4.78 is 13.2. The first-order valence-electron chi connectivity index (χ1n) is 10.3. The fourth-order valence-corrected chi connectivity index (χ4v) is 3.62. The van der Waals surface area contributed by atoms with Crippen LogP contribution in [0.25, 0.3) is 0 Å². The standard InChI is InChI=1S/C22H34FN3O2/c1-22(2,3)20(16-11-13-17(23)14-12-16)26-19(27)10-7-15-24-21(28)25-18-8-5-4-6-9-18/h11-14,18,20H,4-10,15H2,1-3H3,(H,26,27)(H2,24,25,28). The molecule has 3 amide bonds. The molecule has 1 aliphatic carbocycles. The van der Waals surface area contributed by atoms with Crippen LogP contribution in [0.1, 0.15) is 77.3 Å². The molecule has 0 aromatic heterocycles. The van der Waals surface area contributed by atoms with E-state index in [1.165, 1.54) is 31.4 Å². The summed E-state index contributed by atoms with van der Waals surface area (Å²) >= 11 is 0. The first kappa shape index (κ1) is 22.2. The van der Waals surface area contributed by atoms with Crippen LogP contribution in [0.4, 0.5) is 9.18 Å². The molecule has 5 nitrogen and oxygen atoms in total. The third kappa shape index (κ3) is 7.49. The van der Waals surface area contributed by atoms with Crippen molar-refractivity contribution in [1.29, 1.82) is 0 Å². The van der Waals surface area contributed by atoms with Gasteiger partial charge < -0.3 is 16.0 Å². The van der Waals surface area contributed by atoms with E-state index in [-0.39, 0.29) is 35.3 Å². The van der Waals surface area contributed by atoms with E-state index in [0.29, 0.717) is 19.4 Å². The predicted octanol–water partition coefficient (Wildman–Crippen LogP) is 4.44. The molecule has 0 heterocycles. The van der Waals surface area contributed by atoms with E-state index >= 15 is 0 Å². The van der Waals surface area contributed by atoms with E-state index in [1.54, 1.807) is 12.1 Å². The van der Waals surface area contributed by atoms with Crippen LogP contribution in [0.5, 0.6) is 0 Å². The first-order chi connectivity index (χ1) is 13.3. The van der Waals surface area contributed by atoms with Gasteiger partial charge in [0, 0.05) is 19.0 Å². The van der Waals surface area contributed by atoms with E-state index in [4.69, 9.17) is 0 Å². The molecule has 6 heteroatoms. The normalized spacial score (nSPS) is 16.3. The number of urea groups is 1. The summed E-state index contributed by atoms with van der Waals surface area (Å²) in [6.45, 7) is 6.58. The van der Waals surface area contributed by atoms with Crippen molar-refractivity contribution in [1.82, 2.24) is 16.0 Å². The monoisotopic (exact) mass is 391 g/mol. The van der Waals surface area contributed by atoms with Crippen LogP contribution in [0.2, 0.25) is 0 Å². The third-order valence-corrected chi connectivity index (χ3v) is 5.18. The van der Waals surface area contributed by atoms with Gasteiger partial charge in [0.05, 0.1) is 6.04 Å². The van der Waals surface area contributed by atoms with Gasteiger partial charge in [-0.25, -0.2) is 9.18 Å². The Morgan fingerprint density at radius 1 is 1.11 bits per heavy atom. The molecule has 0 radical (unpaired) electrons. The lowest BCUT2D eigenvalue weighted by Crippen LogP contribution is -2.43. The van der Waals surface area contributed by atoms with E-state index in [1.807, 2.05) is 20.8 Å². The summed E-state index contributed by atoms with van der Waals surface area (Å²) in [6, 6.07) is 6.17. The molecule has 0 bridgehead atoms. The van der Waals surface area contributed by atoms with Crippen molar-refractivity contribution in [3.8, 4) is 0 Å². The van der Waals surface area contributed by atoms with Gasteiger partial charge in [0.25, 0.3) is 0 Å². The highest BCUT2D eigenvalue weighted by Crippen LogP contribution is 2.32. The lowest BCUT2D eigenvalue weighted by atomic mass is 9.82. The van der Waals surface area contributed by atoms with Crippen molar-refractivity contribution in [3.05, 3.63) is 35.6 Å². The molecule has 1 aliphatic rings. The summed E-state index contributed by atoms with van der Waals surface area (Å²) in [4.78, 5) is 24.3. The Morgan fingerprint density at radius 3 is 2.36 bits per heavy atom. The minimum Gasteiger partial charge on any atom is -0.349 e. The highest BCUT2D eigenvalue weighted by atomic mass is 19.1. The van der Waals surface area contributed by atoms with E-state index in [0.717, 1.165) is 18.4 Å². The number of halogens is 1. The van der Waals surface area contributed by atoms with Gasteiger partial charge in [-0.3, -0.25) is 4.79 Å². The minimum atomic E-state index is -0.291. The molecule has 1 atom stereocenters. The molecule has 156 valence electrons. The van der Waals surface area contributed by atoms with Crippen molar-refractivity contribution >= 4 is 11.9 Å². The Bertz CT molecular complexity index is 634. The van der Waals surface area contributed by atoms with Gasteiger partial charge in [-0.2, -0.15) is 0 Å². The number of carbonyl (C=O) groups excluding carboxylic acids is 2. The lowest BCUT2D eigenvalue weighted by Gasteiger charge is -2.32. The van der Waals surface area contributed by atoms with Crippen LogP contribution in [-0.2, 0) is 4.79 Å². The zero-order valence-electron chi connectivity index (χ0n) is 17.3. The number of nitrogens with one attached hydrogen (secondary N) is 3. The van der Waals surface area contributed by atoms with Gasteiger partial charge >= 0.3 is 6.03 Å². The maximum absolute atomic E-state index is 13.2. The summed E-state index contributed by atoms with van der Waals surface area (Å²) in [5.41, 5.74) is 0.679. The zero-order valence-corrected chi connectivity index (χ0v) is 17.3. The van der Waals surface area contributed by atoms with Crippen LogP contribution in [0, 0.1) is 11.2 Å². The Hall–Kier alpha value is -2.11. The molecule has 1 aromatic rings. The van der Waals surface area contributed by atoms with Crippen molar-refractivity contribution in [2.24, 2.45) is 5.41 Å². The number of hydrogen-bond donors (Lipinski definition) is 3. The molecule has 28 heavy (non-hydrogen) atoms. The molecule has 1 aromatic carbocycles. The van der Waals surface area contributed by atoms with Gasteiger partial charge in [-0.1, -0.05) is 52.2 Å². The number of amides is 3. The topological polar surface area (TPSA) is 70.2 Å². The van der Waals surface area contributed by atoms with Gasteiger partial charge in [0.15, 0.2) is 0 Å². The summed E-state index contributed by atoms with van der Waals surface area (Å²) in [7, 11) is 0. The molecule has 0 spiro atoms. The van der Waals surface area contributed by atoms with Gasteiger partial charge in [0.1, 0.15) is 5.82 Å². The fraction of sp³-hybridized carbons (Fsp3) is 0.636. The molecule has 1 saturated carbocycles. The molecule has 0 aliphatic heterocycles. The lowest BCUT2D eigenvalue weighted by molar-refractivity contribution is -0.122. The van der Waals surface area contributed by atoms with Crippen molar-refractivity contribution in [2.45, 2.75) is 77.8 Å². The summed E-state index contributed by atoms with van der Waals surface area (Å²) in [5.74, 6) is -0.362. The van der Waals surface area contributed by atoms with Crippen LogP contribution < -0.4 is 16.0 Å². The zero-order chi connectivity index (χ0) is 20.6. The van der Waals surface area contributed by atoms with Crippen molar-refractivity contribution in [3.63, 3.8) is 0 Å². The maximum atomic E-state index is 13.2. The Labute approximate surface area is 167 Å². The molecular weight excluding hydrogens is 357 g/mol. The Morgan fingerprint density at radius 2 is 1.75 bits per heavy atom. The highest BCUT2D eigenvalue weighted by Gasteiger charge is 2.27. The fourth-order valence-electron chi connectivity index (χ4n) is 3.62. The van der Waals surface area contributed by atoms with E-state index < -0.39 is 0 Å². The number of carbonyl (C=O) groups is 2. The second-order valence-electron chi connectivity index (χ2n) is 8.76. The summed E-state index contributed by atoms with van der Waals surface area (Å²) in [5, 5.41) is 8.90. The summed E-state index contributed by atoms with van der Waals surface area (Å²) in [6.07, 6.45) is 6.60. The van der Waals surface area contributed by atoms with Crippen molar-refractivity contribution < 1.29 is 14.0 Å². The number of hydrogen-bond acceptors (Lipinski definition) is 2. The average Bonchev–Trinajstić information content (AvgIpc) is 2.64. The quantitative estimate of drug-likeness (QED) is 0.601. The van der Waals surface area contributed by atoms with Crippen LogP contribution in [0.15, 0.2) is 24.3 Å². The van der Waals surface area contributed by atoms with Gasteiger partial charge in [-0.05, 0) is 42.4 Å². The van der Waals surface area contributed by atoms with Crippen molar-refractivity contribution in [2.75, 3.05) is 6.54 Å². The molecule has 1 fully saturated rings. The predicted molar refractivity (Wildman–Crippen MR) is 109 cm³/mol. The largest absolute Gasteiger partial charge is 0.349 e.